The number of esters is 1. The number of aromatic nitrogens is 3. The molecule has 3 rings (SSSR count). The molecule has 174 valence electrons. The van der Waals surface area contributed by atoms with Crippen molar-refractivity contribution in [1.29, 1.82) is 0 Å². The summed E-state index contributed by atoms with van der Waals surface area (Å²) in [6.07, 6.45) is -0.249. The number of nitrogens with one attached hydrogen (secondary N) is 1. The van der Waals surface area contributed by atoms with Gasteiger partial charge in [0.1, 0.15) is 5.75 Å². The second-order valence-corrected chi connectivity index (χ2v) is 8.61. The molecule has 0 fully saturated rings. The van der Waals surface area contributed by atoms with E-state index in [0.29, 0.717) is 33.8 Å². The fraction of sp³-hybridized carbons (Fsp3) is 0.304. The zero-order valence-electron chi connectivity index (χ0n) is 18.8. The lowest BCUT2D eigenvalue weighted by Gasteiger charge is -2.11. The molecule has 0 radical (unpaired) electrons. The molecule has 3 aromatic rings. The number of carbonyl (C=O) groups is 2. The lowest BCUT2D eigenvalue weighted by Crippen LogP contribution is -2.16. The van der Waals surface area contributed by atoms with Gasteiger partial charge in [-0.2, -0.15) is 0 Å². The Bertz CT molecular complexity index is 1130. The van der Waals surface area contributed by atoms with Crippen LogP contribution in [0.15, 0.2) is 47.6 Å². The average molecular weight is 489 g/mol. The maximum absolute atomic E-state index is 12.6. The molecule has 2 aromatic carbocycles. The van der Waals surface area contributed by atoms with Gasteiger partial charge in [0.2, 0.25) is 5.91 Å². The van der Waals surface area contributed by atoms with Gasteiger partial charge in [0.05, 0.1) is 35.2 Å². The lowest BCUT2D eigenvalue weighted by atomic mass is 10.2. The first kappa shape index (κ1) is 24.6. The number of halogens is 1. The average Bonchev–Trinajstić information content (AvgIpc) is 3.21. The third-order valence-corrected chi connectivity index (χ3v) is 5.83. The van der Waals surface area contributed by atoms with E-state index in [1.54, 1.807) is 33.1 Å². The molecule has 0 aliphatic heterocycles. The number of rotatable bonds is 9. The van der Waals surface area contributed by atoms with Gasteiger partial charge in [-0.1, -0.05) is 23.4 Å². The summed E-state index contributed by atoms with van der Waals surface area (Å²) in [5, 5.41) is 12.2. The molecule has 1 amide bonds. The van der Waals surface area contributed by atoms with E-state index in [0.717, 1.165) is 11.3 Å². The first-order chi connectivity index (χ1) is 15.8. The van der Waals surface area contributed by atoms with Crippen LogP contribution in [0.5, 0.6) is 5.75 Å². The zero-order chi connectivity index (χ0) is 24.0. The van der Waals surface area contributed by atoms with Crippen LogP contribution in [0.1, 0.15) is 31.1 Å². The number of hydrogen-bond donors (Lipinski definition) is 1. The molecule has 33 heavy (non-hydrogen) atoms. The Morgan fingerprint density at radius 2 is 1.88 bits per heavy atom. The van der Waals surface area contributed by atoms with E-state index in [4.69, 9.17) is 21.1 Å². The smallest absolute Gasteiger partial charge is 0.338 e. The molecule has 8 nitrogen and oxygen atoms in total. The summed E-state index contributed by atoms with van der Waals surface area (Å²) >= 11 is 7.46. The van der Waals surface area contributed by atoms with Crippen LogP contribution in [0.25, 0.3) is 11.4 Å². The van der Waals surface area contributed by atoms with Crippen LogP contribution >= 0.6 is 23.4 Å². The molecule has 0 saturated carbocycles. The molecule has 0 aliphatic rings. The summed E-state index contributed by atoms with van der Waals surface area (Å²) in [5.41, 5.74) is 1.56. The molecule has 1 heterocycles. The van der Waals surface area contributed by atoms with Gasteiger partial charge < -0.3 is 19.4 Å². The molecule has 1 N–H and O–H groups in total. The summed E-state index contributed by atoms with van der Waals surface area (Å²) < 4.78 is 12.3. The Morgan fingerprint density at radius 3 is 2.52 bits per heavy atom. The number of amides is 1. The Hall–Kier alpha value is -3.04. The highest BCUT2D eigenvalue weighted by Crippen LogP contribution is 2.27. The van der Waals surface area contributed by atoms with Crippen molar-refractivity contribution in [3.8, 4) is 17.1 Å². The Labute approximate surface area is 201 Å². The lowest BCUT2D eigenvalue weighted by molar-refractivity contribution is -0.113. The van der Waals surface area contributed by atoms with Crippen molar-refractivity contribution in [2.24, 2.45) is 0 Å². The highest BCUT2D eigenvalue weighted by atomic mass is 35.5. The number of hydrogen-bond acceptors (Lipinski definition) is 7. The Morgan fingerprint density at radius 1 is 1.15 bits per heavy atom. The molecule has 0 aliphatic carbocycles. The van der Waals surface area contributed by atoms with Crippen molar-refractivity contribution >= 4 is 40.9 Å². The molecular weight excluding hydrogens is 464 g/mol. The largest absolute Gasteiger partial charge is 0.497 e. The van der Waals surface area contributed by atoms with Crippen LogP contribution in [0.4, 0.5) is 5.69 Å². The fourth-order valence-electron chi connectivity index (χ4n) is 2.98. The van der Waals surface area contributed by atoms with Crippen molar-refractivity contribution in [1.82, 2.24) is 14.8 Å². The molecular formula is C23H25ClN4O4S. The second kappa shape index (κ2) is 11.2. The quantitative estimate of drug-likeness (QED) is 0.337. The number of benzene rings is 2. The van der Waals surface area contributed by atoms with Gasteiger partial charge in [0.15, 0.2) is 11.0 Å². The van der Waals surface area contributed by atoms with Gasteiger partial charge in [-0.15, -0.1) is 10.2 Å². The van der Waals surface area contributed by atoms with Crippen molar-refractivity contribution in [3.63, 3.8) is 0 Å². The molecule has 0 saturated heterocycles. The number of thioether (sulfide) groups is 1. The van der Waals surface area contributed by atoms with Gasteiger partial charge in [0.25, 0.3) is 0 Å². The first-order valence-electron chi connectivity index (χ1n) is 10.3. The molecule has 0 bridgehead atoms. The third-order valence-electron chi connectivity index (χ3n) is 4.53. The predicted molar refractivity (Wildman–Crippen MR) is 129 cm³/mol. The minimum Gasteiger partial charge on any atom is -0.497 e. The minimum atomic E-state index is -0.478. The van der Waals surface area contributed by atoms with E-state index in [1.165, 1.54) is 17.8 Å². The summed E-state index contributed by atoms with van der Waals surface area (Å²) in [6, 6.07) is 12.2. The zero-order valence-corrected chi connectivity index (χ0v) is 20.4. The van der Waals surface area contributed by atoms with E-state index >= 15 is 0 Å². The van der Waals surface area contributed by atoms with E-state index in [2.05, 4.69) is 15.5 Å². The monoisotopic (exact) mass is 488 g/mol. The van der Waals surface area contributed by atoms with Gasteiger partial charge in [-0.3, -0.25) is 4.79 Å². The van der Waals surface area contributed by atoms with E-state index < -0.39 is 5.97 Å². The number of methoxy groups -OCH3 is 1. The van der Waals surface area contributed by atoms with Crippen LogP contribution in [0.3, 0.4) is 0 Å². The Kier molecular flexibility index (Phi) is 8.35. The van der Waals surface area contributed by atoms with E-state index in [9.17, 15) is 9.59 Å². The first-order valence-corrected chi connectivity index (χ1v) is 11.7. The van der Waals surface area contributed by atoms with E-state index in [-0.39, 0.29) is 17.8 Å². The minimum absolute atomic E-state index is 0.0950. The highest BCUT2D eigenvalue weighted by Gasteiger charge is 2.17. The van der Waals surface area contributed by atoms with Gasteiger partial charge in [-0.25, -0.2) is 4.79 Å². The highest BCUT2D eigenvalue weighted by molar-refractivity contribution is 7.99. The SMILES string of the molecule is CCn1c(SCC(=O)Nc2cc(C(=O)OC(C)C)ccc2Cl)nnc1-c1ccc(OC)cc1. The molecule has 1 aromatic heterocycles. The number of carbonyl (C=O) groups excluding carboxylic acids is 2. The third kappa shape index (κ3) is 6.27. The van der Waals surface area contributed by atoms with Gasteiger partial charge in [0, 0.05) is 12.1 Å². The van der Waals surface area contributed by atoms with Crippen molar-refractivity contribution in [2.75, 3.05) is 18.2 Å². The standard InChI is InChI=1S/C23H25ClN4O4S/c1-5-28-21(15-6-9-17(31-4)10-7-15)26-27-23(28)33-13-20(29)25-19-12-16(8-11-18(19)24)22(30)32-14(2)3/h6-12,14H,5,13H2,1-4H3,(H,25,29). The van der Waals surface area contributed by atoms with Crippen LogP contribution in [0, 0.1) is 0 Å². The van der Waals surface area contributed by atoms with Gasteiger partial charge in [-0.05, 0) is 63.2 Å². The van der Waals surface area contributed by atoms with Crippen molar-refractivity contribution < 1.29 is 19.1 Å². The van der Waals surface area contributed by atoms with E-state index in [1.807, 2.05) is 35.8 Å². The number of anilines is 1. The van der Waals surface area contributed by atoms with Crippen molar-refractivity contribution in [2.45, 2.75) is 38.6 Å². The topological polar surface area (TPSA) is 95.3 Å². The summed E-state index contributed by atoms with van der Waals surface area (Å²) in [4.78, 5) is 24.7. The van der Waals surface area contributed by atoms with Gasteiger partial charge >= 0.3 is 5.97 Å². The Balaban J connectivity index is 1.68. The summed E-state index contributed by atoms with van der Waals surface area (Å²) in [5.74, 6) is 0.800. The molecule has 0 spiro atoms. The predicted octanol–water partition coefficient (Wildman–Crippen LogP) is 4.92. The summed E-state index contributed by atoms with van der Waals surface area (Å²) in [6.45, 7) is 6.16. The van der Waals surface area contributed by atoms with Crippen LogP contribution in [-0.2, 0) is 16.1 Å². The maximum Gasteiger partial charge on any atom is 0.338 e. The molecule has 0 atom stereocenters. The fourth-order valence-corrected chi connectivity index (χ4v) is 3.95. The van der Waals surface area contributed by atoms with Crippen LogP contribution in [0.2, 0.25) is 5.02 Å². The normalized spacial score (nSPS) is 10.8. The number of nitrogens with zero attached hydrogens (tertiary/aromatic N) is 3. The van der Waals surface area contributed by atoms with Crippen molar-refractivity contribution in [3.05, 3.63) is 53.1 Å². The molecule has 10 heteroatoms. The van der Waals surface area contributed by atoms with Crippen LogP contribution in [-0.4, -0.2) is 45.6 Å². The summed E-state index contributed by atoms with van der Waals surface area (Å²) in [7, 11) is 1.62. The van der Waals surface area contributed by atoms with Crippen LogP contribution < -0.4 is 10.1 Å². The number of ether oxygens (including phenoxy) is 2. The molecule has 0 unspecified atom stereocenters. The second-order valence-electron chi connectivity index (χ2n) is 7.26. The maximum atomic E-state index is 12.6.